The maximum Gasteiger partial charge on any atom is 0.245 e. The molecule has 8 heteroatoms. The molecule has 3 aliphatic heterocycles. The number of carbonyl (C=O) groups is 1. The third-order valence-electron chi connectivity index (χ3n) is 10.4. The molecule has 0 aromatic rings. The molecule has 5 fully saturated rings. The lowest BCUT2D eigenvalue weighted by Crippen LogP contribution is -2.64. The van der Waals surface area contributed by atoms with E-state index in [-0.39, 0.29) is 30.3 Å². The van der Waals surface area contributed by atoms with Crippen molar-refractivity contribution in [1.82, 2.24) is 20.4 Å². The van der Waals surface area contributed by atoms with Crippen LogP contribution in [-0.2, 0) is 14.3 Å². The number of methoxy groups -OCH3 is 1. The van der Waals surface area contributed by atoms with Crippen molar-refractivity contribution in [2.45, 2.75) is 114 Å². The summed E-state index contributed by atoms with van der Waals surface area (Å²) in [5.74, 6) is 9.17. The summed E-state index contributed by atoms with van der Waals surface area (Å²) in [6.45, 7) is 8.81. The number of hydrogen-bond donors (Lipinski definition) is 3. The Bertz CT molecular complexity index is 898. The van der Waals surface area contributed by atoms with Crippen molar-refractivity contribution in [3.8, 4) is 11.8 Å². The molecule has 5 aliphatic rings. The number of ether oxygens (including phenoxy) is 2. The van der Waals surface area contributed by atoms with Gasteiger partial charge in [0.05, 0.1) is 37.2 Å². The van der Waals surface area contributed by atoms with E-state index in [4.69, 9.17) is 15.2 Å². The fourth-order valence-corrected chi connectivity index (χ4v) is 8.36. The Hall–Kier alpha value is -1.47. The largest absolute Gasteiger partial charge is 0.383 e. The summed E-state index contributed by atoms with van der Waals surface area (Å²) in [6.07, 6.45) is 15.4. The van der Waals surface area contributed by atoms with Crippen molar-refractivity contribution in [2.24, 2.45) is 29.4 Å². The van der Waals surface area contributed by atoms with Crippen LogP contribution in [0, 0.1) is 35.5 Å². The first-order valence-corrected chi connectivity index (χ1v) is 16.1. The molecule has 4 N–H and O–H groups in total. The molecule has 1 amide bonds. The van der Waals surface area contributed by atoms with Crippen LogP contribution in [0.25, 0.3) is 0 Å². The average Bonchev–Trinajstić information content (AvgIpc) is 3.32. The summed E-state index contributed by atoms with van der Waals surface area (Å²) in [5.41, 5.74) is 6.83. The minimum atomic E-state index is -0.0512. The number of fused-ring (bicyclic) bond motifs is 1. The second kappa shape index (κ2) is 14.1. The van der Waals surface area contributed by atoms with E-state index < -0.39 is 0 Å². The molecule has 8 nitrogen and oxygen atoms in total. The maximum atomic E-state index is 12.1. The molecule has 0 aromatic carbocycles. The summed E-state index contributed by atoms with van der Waals surface area (Å²) in [4.78, 5) is 16.6. The number of rotatable bonds is 7. The quantitative estimate of drug-likeness (QED) is 0.329. The van der Waals surface area contributed by atoms with Crippen molar-refractivity contribution >= 4 is 5.91 Å². The van der Waals surface area contributed by atoms with E-state index >= 15 is 0 Å². The van der Waals surface area contributed by atoms with Gasteiger partial charge in [0.15, 0.2) is 0 Å². The van der Waals surface area contributed by atoms with Crippen molar-refractivity contribution in [3.05, 3.63) is 12.7 Å². The molecule has 3 saturated heterocycles. The second-order valence-electron chi connectivity index (χ2n) is 12.9. The van der Waals surface area contributed by atoms with Gasteiger partial charge in [-0.05, 0) is 76.2 Å². The monoisotopic (exact) mass is 555 g/mol. The fourth-order valence-electron chi connectivity index (χ4n) is 8.36. The average molecular weight is 556 g/mol. The summed E-state index contributed by atoms with van der Waals surface area (Å²) in [6, 6.07) is 0.366. The minimum Gasteiger partial charge on any atom is -0.383 e. The summed E-state index contributed by atoms with van der Waals surface area (Å²) in [7, 11) is 1.79. The first kappa shape index (κ1) is 30.0. The molecule has 0 aromatic heterocycles. The SMILES string of the molecule is C=CC(=O)N1CCC(C#CC2C(C3CCC(OC4CCCCC4)CC3)C3C(N)NCNC3N2C(C)COC)CC1. The standard InChI is InChI=1S/C32H53N5O3/c1-4-28(38)36-18-16-23(17-19-36)10-15-27-29(24-11-13-26(14-12-24)40-25-8-6-5-7-9-25)30-31(33)34-21-35-32(30)37(27)22(2)20-39-3/h4,22-27,29-32,34-35H,1,5-9,11-14,16-21,33H2,2-3H3. The van der Waals surface area contributed by atoms with Gasteiger partial charge in [-0.2, -0.15) is 0 Å². The summed E-state index contributed by atoms with van der Waals surface area (Å²) in [5, 5.41) is 7.27. The topological polar surface area (TPSA) is 92.1 Å². The van der Waals surface area contributed by atoms with Crippen LogP contribution in [0.2, 0.25) is 0 Å². The molecule has 6 atom stereocenters. The van der Waals surface area contributed by atoms with E-state index in [1.54, 1.807) is 7.11 Å². The van der Waals surface area contributed by atoms with Crippen molar-refractivity contribution in [1.29, 1.82) is 0 Å². The van der Waals surface area contributed by atoms with Gasteiger partial charge < -0.3 is 20.1 Å². The number of nitrogens with one attached hydrogen (secondary N) is 2. The van der Waals surface area contributed by atoms with Crippen LogP contribution >= 0.6 is 0 Å². The van der Waals surface area contributed by atoms with Gasteiger partial charge in [-0.3, -0.25) is 20.3 Å². The van der Waals surface area contributed by atoms with Crippen LogP contribution in [0.4, 0.5) is 0 Å². The van der Waals surface area contributed by atoms with E-state index in [1.165, 1.54) is 51.0 Å². The molecule has 5 rings (SSSR count). The lowest BCUT2D eigenvalue weighted by Gasteiger charge is -2.41. The Balaban J connectivity index is 1.33. The molecule has 0 radical (unpaired) electrons. The van der Waals surface area contributed by atoms with Crippen molar-refractivity contribution in [2.75, 3.05) is 33.5 Å². The molecular weight excluding hydrogens is 502 g/mol. The van der Waals surface area contributed by atoms with Gasteiger partial charge in [0, 0.05) is 44.7 Å². The smallest absolute Gasteiger partial charge is 0.245 e. The predicted octanol–water partition coefficient (Wildman–Crippen LogP) is 3.04. The molecule has 2 aliphatic carbocycles. The first-order valence-electron chi connectivity index (χ1n) is 16.1. The van der Waals surface area contributed by atoms with Crippen LogP contribution in [-0.4, -0.2) is 85.8 Å². The van der Waals surface area contributed by atoms with E-state index in [0.29, 0.717) is 49.2 Å². The van der Waals surface area contributed by atoms with Crippen LogP contribution in [0.5, 0.6) is 0 Å². The highest BCUT2D eigenvalue weighted by atomic mass is 16.5. The minimum absolute atomic E-state index is 0.0292. The molecule has 40 heavy (non-hydrogen) atoms. The Morgan fingerprint density at radius 2 is 1.70 bits per heavy atom. The number of piperidine rings is 1. The lowest BCUT2D eigenvalue weighted by atomic mass is 9.70. The van der Waals surface area contributed by atoms with E-state index in [1.807, 2.05) is 4.90 Å². The molecule has 0 bridgehead atoms. The highest BCUT2D eigenvalue weighted by Crippen LogP contribution is 2.47. The van der Waals surface area contributed by atoms with Crippen LogP contribution in [0.1, 0.15) is 77.6 Å². The van der Waals surface area contributed by atoms with Crippen molar-refractivity contribution in [3.63, 3.8) is 0 Å². The number of nitrogens with two attached hydrogens (primary N) is 1. The highest BCUT2D eigenvalue weighted by Gasteiger charge is 2.55. The van der Waals surface area contributed by atoms with Crippen molar-refractivity contribution < 1.29 is 14.3 Å². The normalized spacial score (nSPS) is 36.9. The molecule has 3 heterocycles. The lowest BCUT2D eigenvalue weighted by molar-refractivity contribution is -0.127. The Kier molecular flexibility index (Phi) is 10.6. The third-order valence-corrected chi connectivity index (χ3v) is 10.4. The first-order chi connectivity index (χ1) is 19.5. The zero-order valence-corrected chi connectivity index (χ0v) is 24.9. The van der Waals surface area contributed by atoms with Gasteiger partial charge in [0.1, 0.15) is 0 Å². The second-order valence-corrected chi connectivity index (χ2v) is 12.9. The Labute approximate surface area is 242 Å². The van der Waals surface area contributed by atoms with E-state index in [2.05, 4.69) is 40.9 Å². The maximum absolute atomic E-state index is 12.1. The van der Waals surface area contributed by atoms with Crippen LogP contribution < -0.4 is 16.4 Å². The van der Waals surface area contributed by atoms with Crippen LogP contribution in [0.15, 0.2) is 12.7 Å². The van der Waals surface area contributed by atoms with Gasteiger partial charge in [0.2, 0.25) is 5.91 Å². The fraction of sp³-hybridized carbons (Fsp3) is 0.844. The number of hydrogen-bond acceptors (Lipinski definition) is 7. The summed E-state index contributed by atoms with van der Waals surface area (Å²) < 4.78 is 12.3. The summed E-state index contributed by atoms with van der Waals surface area (Å²) >= 11 is 0. The zero-order chi connectivity index (χ0) is 28.1. The van der Waals surface area contributed by atoms with Gasteiger partial charge in [-0.1, -0.05) is 37.7 Å². The number of likely N-dealkylation sites (tertiary alicyclic amines) is 2. The zero-order valence-electron chi connectivity index (χ0n) is 24.9. The highest BCUT2D eigenvalue weighted by molar-refractivity contribution is 5.87. The number of nitrogens with zero attached hydrogens (tertiary/aromatic N) is 2. The molecule has 224 valence electrons. The molecule has 6 unspecified atom stereocenters. The molecule has 0 spiro atoms. The van der Waals surface area contributed by atoms with E-state index in [0.717, 1.165) is 38.8 Å². The predicted molar refractivity (Wildman–Crippen MR) is 158 cm³/mol. The van der Waals surface area contributed by atoms with Crippen LogP contribution in [0.3, 0.4) is 0 Å². The van der Waals surface area contributed by atoms with Gasteiger partial charge in [-0.15, -0.1) is 0 Å². The molecular formula is C32H53N5O3. The van der Waals surface area contributed by atoms with Gasteiger partial charge in [0.25, 0.3) is 0 Å². The van der Waals surface area contributed by atoms with Gasteiger partial charge in [-0.25, -0.2) is 0 Å². The molecule has 2 saturated carbocycles. The number of carbonyl (C=O) groups excluding carboxylic acids is 1. The Morgan fingerprint density at radius 3 is 2.38 bits per heavy atom. The Morgan fingerprint density at radius 1 is 1.00 bits per heavy atom. The third kappa shape index (κ3) is 6.77. The number of amides is 1. The van der Waals surface area contributed by atoms with Gasteiger partial charge >= 0.3 is 0 Å². The van der Waals surface area contributed by atoms with E-state index in [9.17, 15) is 4.79 Å².